The van der Waals surface area contributed by atoms with Crippen molar-refractivity contribution in [3.8, 4) is 0 Å². The summed E-state index contributed by atoms with van der Waals surface area (Å²) in [7, 11) is 2.23. The van der Waals surface area contributed by atoms with Crippen molar-refractivity contribution in [3.05, 3.63) is 84.1 Å². The normalized spacial score (nSPS) is 19.8. The van der Waals surface area contributed by atoms with Crippen LogP contribution in [0.1, 0.15) is 86.6 Å². The minimum atomic E-state index is -4.69. The lowest BCUT2D eigenvalue weighted by molar-refractivity contribution is -0.141. The topological polar surface area (TPSA) is 149 Å². The predicted molar refractivity (Wildman–Crippen MR) is 218 cm³/mol. The fourth-order valence-electron chi connectivity index (χ4n) is 8.94. The molecule has 59 heavy (non-hydrogen) atoms. The van der Waals surface area contributed by atoms with Gasteiger partial charge in [0.2, 0.25) is 5.91 Å². The number of aromatic nitrogens is 4. The van der Waals surface area contributed by atoms with Crippen LogP contribution < -0.4 is 20.4 Å². The summed E-state index contributed by atoms with van der Waals surface area (Å²) in [6.07, 6.45) is 7.12. The molecule has 5 heterocycles. The van der Waals surface area contributed by atoms with E-state index in [1.165, 1.54) is 6.07 Å². The van der Waals surface area contributed by atoms with Gasteiger partial charge in [-0.15, -0.1) is 0 Å². The van der Waals surface area contributed by atoms with E-state index in [-0.39, 0.29) is 29.8 Å². The van der Waals surface area contributed by atoms with Gasteiger partial charge in [-0.3, -0.25) is 29.5 Å². The molecule has 0 radical (unpaired) electrons. The van der Waals surface area contributed by atoms with Crippen molar-refractivity contribution in [2.45, 2.75) is 82.7 Å². The molecule has 16 heteroatoms. The number of anilines is 3. The zero-order chi connectivity index (χ0) is 41.6. The van der Waals surface area contributed by atoms with Crippen molar-refractivity contribution in [1.29, 1.82) is 0 Å². The number of aliphatic hydroxyl groups is 1. The van der Waals surface area contributed by atoms with E-state index in [0.29, 0.717) is 35.3 Å². The highest BCUT2D eigenvalue weighted by molar-refractivity contribution is 6.11. The Morgan fingerprint density at radius 3 is 2.41 bits per heavy atom. The summed E-state index contributed by atoms with van der Waals surface area (Å²) in [6, 6.07) is 13.0. The number of hydrogen-bond donors (Lipinski definition) is 3. The Balaban J connectivity index is 0.876. The van der Waals surface area contributed by atoms with Crippen LogP contribution in [-0.4, -0.2) is 86.9 Å². The van der Waals surface area contributed by atoms with Gasteiger partial charge in [0.1, 0.15) is 11.4 Å². The molecule has 3 fully saturated rings. The van der Waals surface area contributed by atoms with Gasteiger partial charge >= 0.3 is 12.2 Å². The lowest BCUT2D eigenvalue weighted by Gasteiger charge is -2.40. The number of amides is 4. The molecule has 0 spiro atoms. The summed E-state index contributed by atoms with van der Waals surface area (Å²) in [5.74, 6) is -0.529. The first kappa shape index (κ1) is 40.2. The summed E-state index contributed by atoms with van der Waals surface area (Å²) in [5, 5.41) is 23.6. The van der Waals surface area contributed by atoms with E-state index >= 15 is 0 Å². The van der Waals surface area contributed by atoms with Gasteiger partial charge in [0.05, 0.1) is 29.0 Å². The number of rotatable bonds is 9. The van der Waals surface area contributed by atoms with Gasteiger partial charge in [0.15, 0.2) is 0 Å². The minimum absolute atomic E-state index is 0.188. The molecule has 4 amide bonds. The zero-order valence-electron chi connectivity index (χ0n) is 33.3. The first-order chi connectivity index (χ1) is 28.1. The second-order valence-corrected chi connectivity index (χ2v) is 16.6. The van der Waals surface area contributed by atoms with E-state index in [0.717, 1.165) is 92.1 Å². The highest BCUT2D eigenvalue weighted by Gasteiger charge is 2.34. The largest absolute Gasteiger partial charge is 0.433 e. The number of halogens is 3. The van der Waals surface area contributed by atoms with Crippen LogP contribution in [0.2, 0.25) is 0 Å². The molecule has 8 rings (SSSR count). The summed E-state index contributed by atoms with van der Waals surface area (Å²) < 4.78 is 41.8. The molecule has 2 saturated heterocycles. The number of carbonyl (C=O) groups excluding carboxylic acids is 3. The SMILES string of the molecule is CN(CC1CCC(n2cc3cc(NC(=O)c4cccc(C(F)(F)F)n4)c(C(C)(C)O)cc3n2)CC1)C1CCN(c2cccc3c(N4CCC(=O)NC4=O)cncc23)CC1. The Kier molecular flexibility index (Phi) is 10.8. The summed E-state index contributed by atoms with van der Waals surface area (Å²) in [4.78, 5) is 52.0. The minimum Gasteiger partial charge on any atom is -0.386 e. The number of alkyl halides is 3. The van der Waals surface area contributed by atoms with Crippen molar-refractivity contribution >= 4 is 56.6 Å². The molecular formula is C43H48F3N9O4. The molecule has 0 atom stereocenters. The number of piperidine rings is 1. The number of hydrogen-bond acceptors (Lipinski definition) is 9. The fourth-order valence-corrected chi connectivity index (χ4v) is 8.94. The number of pyridine rings is 2. The third kappa shape index (κ3) is 8.46. The molecule has 3 aliphatic rings. The molecular weight excluding hydrogens is 764 g/mol. The number of carbonyl (C=O) groups is 3. The molecule has 2 aliphatic heterocycles. The van der Waals surface area contributed by atoms with E-state index in [1.807, 2.05) is 29.2 Å². The molecule has 0 bridgehead atoms. The maximum absolute atomic E-state index is 13.3. The molecule has 1 saturated carbocycles. The average molecular weight is 812 g/mol. The second-order valence-electron chi connectivity index (χ2n) is 16.6. The first-order valence-electron chi connectivity index (χ1n) is 20.2. The van der Waals surface area contributed by atoms with Crippen LogP contribution in [0.25, 0.3) is 21.7 Å². The van der Waals surface area contributed by atoms with Crippen LogP contribution >= 0.6 is 0 Å². The lowest BCUT2D eigenvalue weighted by Crippen LogP contribution is -2.49. The second kappa shape index (κ2) is 15.9. The average Bonchev–Trinajstić information content (AvgIpc) is 3.63. The van der Waals surface area contributed by atoms with Crippen LogP contribution in [0.4, 0.5) is 35.0 Å². The number of benzene rings is 2. The first-order valence-corrected chi connectivity index (χ1v) is 20.2. The van der Waals surface area contributed by atoms with E-state index in [1.54, 1.807) is 37.1 Å². The van der Waals surface area contributed by atoms with Crippen molar-refractivity contribution in [1.82, 2.24) is 30.0 Å². The number of imide groups is 1. The number of fused-ring (bicyclic) bond motifs is 2. The third-order valence-electron chi connectivity index (χ3n) is 12.1. The Bertz CT molecular complexity index is 2400. The van der Waals surface area contributed by atoms with Crippen molar-refractivity contribution in [3.63, 3.8) is 0 Å². The quantitative estimate of drug-likeness (QED) is 0.140. The lowest BCUT2D eigenvalue weighted by atomic mass is 9.85. The van der Waals surface area contributed by atoms with Crippen LogP contribution in [0, 0.1) is 5.92 Å². The van der Waals surface area contributed by atoms with Crippen LogP contribution in [-0.2, 0) is 16.6 Å². The van der Waals surface area contributed by atoms with E-state index < -0.39 is 29.4 Å². The van der Waals surface area contributed by atoms with Gasteiger partial charge < -0.3 is 20.2 Å². The predicted octanol–water partition coefficient (Wildman–Crippen LogP) is 7.26. The number of nitrogens with zero attached hydrogens (tertiary/aromatic N) is 7. The van der Waals surface area contributed by atoms with Crippen LogP contribution in [0.3, 0.4) is 0 Å². The standard InChI is InChI=1S/C43H48F3N9O4/c1-42(2,59)32-21-34-27(20-35(32)49-40(57)33-7-5-9-38(48-33)43(44,45)46)25-55(51-34)29-12-10-26(11-13-29)24-52(3)28-14-17-53(18-15-28)36-8-4-6-30-31(36)22-47-23-37(30)54-19-16-39(56)50-41(54)58/h4-9,20-23,25-26,28-29,59H,10-19,24H2,1-3H3,(H,49,57)(H,50,56,58). The van der Waals surface area contributed by atoms with Crippen molar-refractivity contribution in [2.24, 2.45) is 5.92 Å². The van der Waals surface area contributed by atoms with Gasteiger partial charge in [-0.1, -0.05) is 18.2 Å². The maximum atomic E-state index is 13.3. The third-order valence-corrected chi connectivity index (χ3v) is 12.1. The van der Waals surface area contributed by atoms with E-state index in [9.17, 15) is 32.7 Å². The smallest absolute Gasteiger partial charge is 0.386 e. The Labute approximate surface area is 339 Å². The van der Waals surface area contributed by atoms with Crippen LogP contribution in [0.5, 0.6) is 0 Å². The molecule has 2 aromatic carbocycles. The van der Waals surface area contributed by atoms with Gasteiger partial charge in [-0.2, -0.15) is 18.3 Å². The zero-order valence-corrected chi connectivity index (χ0v) is 33.3. The maximum Gasteiger partial charge on any atom is 0.433 e. The molecule has 13 nitrogen and oxygen atoms in total. The Morgan fingerprint density at radius 2 is 1.69 bits per heavy atom. The molecule has 3 aromatic heterocycles. The van der Waals surface area contributed by atoms with E-state index in [2.05, 4.69) is 43.5 Å². The van der Waals surface area contributed by atoms with Gasteiger partial charge in [-0.25, -0.2) is 9.78 Å². The van der Waals surface area contributed by atoms with Gasteiger partial charge in [0.25, 0.3) is 5.91 Å². The number of nitrogens with one attached hydrogen (secondary N) is 2. The Morgan fingerprint density at radius 1 is 0.949 bits per heavy atom. The van der Waals surface area contributed by atoms with Crippen molar-refractivity contribution in [2.75, 3.05) is 48.3 Å². The Hall–Kier alpha value is -5.61. The summed E-state index contributed by atoms with van der Waals surface area (Å²) in [5.41, 5.74) is 0.193. The number of urea groups is 1. The van der Waals surface area contributed by atoms with Gasteiger partial charge in [-0.05, 0) is 95.7 Å². The monoisotopic (exact) mass is 811 g/mol. The molecule has 310 valence electrons. The van der Waals surface area contributed by atoms with Crippen LogP contribution in [0.15, 0.2) is 67.1 Å². The molecule has 0 unspecified atom stereocenters. The summed E-state index contributed by atoms with van der Waals surface area (Å²) >= 11 is 0. The van der Waals surface area contributed by atoms with Gasteiger partial charge in [0, 0.05) is 84.1 Å². The molecule has 1 aliphatic carbocycles. The molecule has 5 aromatic rings. The summed E-state index contributed by atoms with van der Waals surface area (Å²) in [6.45, 7) is 6.29. The van der Waals surface area contributed by atoms with Crippen molar-refractivity contribution < 1.29 is 32.7 Å². The fraction of sp³-hybridized carbons (Fsp3) is 0.442. The highest BCUT2D eigenvalue weighted by Crippen LogP contribution is 2.38. The highest BCUT2D eigenvalue weighted by atomic mass is 19.4. The molecule has 3 N–H and O–H groups in total. The van der Waals surface area contributed by atoms with E-state index in [4.69, 9.17) is 5.10 Å².